The van der Waals surface area contributed by atoms with Gasteiger partial charge in [0.15, 0.2) is 11.7 Å². The number of carbonyl (C=O) groups excluding carboxylic acids is 2. The van der Waals surface area contributed by atoms with Gasteiger partial charge in [0.1, 0.15) is 0 Å². The molecule has 0 unspecified atom stereocenters. The highest BCUT2D eigenvalue weighted by Gasteiger charge is 2.21. The summed E-state index contributed by atoms with van der Waals surface area (Å²) in [6, 6.07) is 2.12. The second kappa shape index (κ2) is 15.1. The molecule has 176 valence electrons. The number of guanidine groups is 1. The van der Waals surface area contributed by atoms with Crippen LogP contribution in [0.4, 0.5) is 0 Å². The van der Waals surface area contributed by atoms with Gasteiger partial charge in [0, 0.05) is 51.4 Å². The lowest BCUT2D eigenvalue weighted by molar-refractivity contribution is -0.122. The smallest absolute Gasteiger partial charge is 0.287 e. The summed E-state index contributed by atoms with van der Waals surface area (Å²) in [6.45, 7) is 8.17. The van der Waals surface area contributed by atoms with Gasteiger partial charge in [0.2, 0.25) is 5.91 Å². The van der Waals surface area contributed by atoms with Crippen LogP contribution in [0.25, 0.3) is 0 Å². The summed E-state index contributed by atoms with van der Waals surface area (Å²) in [7, 11) is 1.75. The lowest BCUT2D eigenvalue weighted by Gasteiger charge is -2.32. The summed E-state index contributed by atoms with van der Waals surface area (Å²) in [5, 5.41) is 12.5. The first-order valence-corrected chi connectivity index (χ1v) is 10.8. The first-order chi connectivity index (χ1) is 14.5. The van der Waals surface area contributed by atoms with Crippen molar-refractivity contribution < 1.29 is 14.0 Å². The fraction of sp³-hybridized carbons (Fsp3) is 0.667. The van der Waals surface area contributed by atoms with E-state index in [4.69, 9.17) is 4.42 Å². The van der Waals surface area contributed by atoms with Crippen LogP contribution >= 0.6 is 24.0 Å². The van der Waals surface area contributed by atoms with Crippen LogP contribution in [0.5, 0.6) is 0 Å². The Hall–Kier alpha value is -1.82. The molecule has 1 fully saturated rings. The SMILES string of the molecule is CCCNC(=O)CN1CCC(NC(=NC)NCCCNC(=O)c2occc2C)CC1.I. The van der Waals surface area contributed by atoms with Gasteiger partial charge in [-0.15, -0.1) is 24.0 Å². The maximum absolute atomic E-state index is 12.0. The Morgan fingerprint density at radius 2 is 1.87 bits per heavy atom. The van der Waals surface area contributed by atoms with Crippen molar-refractivity contribution in [1.82, 2.24) is 26.2 Å². The zero-order valence-corrected chi connectivity index (χ0v) is 21.2. The molecule has 2 heterocycles. The minimum absolute atomic E-state index is 0. The molecule has 0 aliphatic carbocycles. The van der Waals surface area contributed by atoms with Gasteiger partial charge >= 0.3 is 0 Å². The molecule has 0 aromatic carbocycles. The molecule has 2 rings (SSSR count). The molecule has 1 aromatic heterocycles. The molecule has 9 nitrogen and oxygen atoms in total. The predicted octanol–water partition coefficient (Wildman–Crippen LogP) is 1.48. The molecule has 0 radical (unpaired) electrons. The van der Waals surface area contributed by atoms with Crippen molar-refractivity contribution in [1.29, 1.82) is 0 Å². The molecule has 1 aliphatic heterocycles. The second-order valence-corrected chi connectivity index (χ2v) is 7.59. The minimum Gasteiger partial charge on any atom is -0.459 e. The van der Waals surface area contributed by atoms with Crippen molar-refractivity contribution in [3.05, 3.63) is 23.7 Å². The Morgan fingerprint density at radius 3 is 2.48 bits per heavy atom. The molecule has 1 aromatic rings. The summed E-state index contributed by atoms with van der Waals surface area (Å²) >= 11 is 0. The first kappa shape index (κ1) is 27.2. The molecule has 2 amide bonds. The van der Waals surface area contributed by atoms with E-state index in [1.165, 1.54) is 6.26 Å². The van der Waals surface area contributed by atoms with Crippen LogP contribution in [0.15, 0.2) is 21.7 Å². The molecule has 0 spiro atoms. The summed E-state index contributed by atoms with van der Waals surface area (Å²) in [5.74, 6) is 1.06. The van der Waals surface area contributed by atoms with E-state index in [0.29, 0.717) is 31.4 Å². The highest BCUT2D eigenvalue weighted by atomic mass is 127. The molecule has 0 bridgehead atoms. The minimum atomic E-state index is -0.185. The topological polar surface area (TPSA) is 111 Å². The van der Waals surface area contributed by atoms with E-state index in [-0.39, 0.29) is 35.8 Å². The van der Waals surface area contributed by atoms with Crippen molar-refractivity contribution in [3.8, 4) is 0 Å². The van der Waals surface area contributed by atoms with E-state index < -0.39 is 0 Å². The number of rotatable bonds is 10. The third-order valence-corrected chi connectivity index (χ3v) is 5.09. The number of furan rings is 1. The molecule has 31 heavy (non-hydrogen) atoms. The summed E-state index contributed by atoms with van der Waals surface area (Å²) in [4.78, 5) is 30.3. The number of hydrogen-bond acceptors (Lipinski definition) is 5. The molecule has 10 heteroatoms. The molecule has 4 N–H and O–H groups in total. The number of nitrogens with one attached hydrogen (secondary N) is 4. The summed E-state index contributed by atoms with van der Waals surface area (Å²) < 4.78 is 5.19. The number of halogens is 1. The average Bonchev–Trinajstić information content (AvgIpc) is 3.18. The van der Waals surface area contributed by atoms with Crippen LogP contribution < -0.4 is 21.3 Å². The first-order valence-electron chi connectivity index (χ1n) is 10.8. The molecular formula is C21H37IN6O3. The van der Waals surface area contributed by atoms with Crippen LogP contribution in [0.2, 0.25) is 0 Å². The molecule has 0 atom stereocenters. The standard InChI is InChI=1S/C21H36N6O3.HI/c1-4-9-23-18(28)15-27-12-6-17(7-13-27)26-21(22-3)25-11-5-10-24-20(29)19-16(2)8-14-30-19;/h8,14,17H,4-7,9-13,15H2,1-3H3,(H,23,28)(H,24,29)(H2,22,25,26);1H. The van der Waals surface area contributed by atoms with Crippen LogP contribution in [0.1, 0.15) is 48.7 Å². The monoisotopic (exact) mass is 548 g/mol. The van der Waals surface area contributed by atoms with Gasteiger partial charge in [-0.2, -0.15) is 0 Å². The van der Waals surface area contributed by atoms with Crippen LogP contribution in [-0.2, 0) is 4.79 Å². The zero-order valence-electron chi connectivity index (χ0n) is 18.8. The van der Waals surface area contributed by atoms with Gasteiger partial charge in [0.25, 0.3) is 5.91 Å². The van der Waals surface area contributed by atoms with E-state index >= 15 is 0 Å². The quantitative estimate of drug-likeness (QED) is 0.153. The molecule has 0 saturated carbocycles. The zero-order chi connectivity index (χ0) is 21.8. The van der Waals surface area contributed by atoms with Crippen LogP contribution in [0.3, 0.4) is 0 Å². The fourth-order valence-electron chi connectivity index (χ4n) is 3.33. The lowest BCUT2D eigenvalue weighted by Crippen LogP contribution is -2.50. The van der Waals surface area contributed by atoms with Gasteiger partial charge in [0.05, 0.1) is 12.8 Å². The molecular weight excluding hydrogens is 511 g/mol. The maximum Gasteiger partial charge on any atom is 0.287 e. The van der Waals surface area contributed by atoms with Gasteiger partial charge in [-0.25, -0.2) is 0 Å². The third-order valence-electron chi connectivity index (χ3n) is 5.09. The van der Waals surface area contributed by atoms with E-state index in [1.807, 2.05) is 6.92 Å². The van der Waals surface area contributed by atoms with E-state index in [2.05, 4.69) is 38.1 Å². The number of hydrogen-bond donors (Lipinski definition) is 4. The number of aliphatic imine (C=N–C) groups is 1. The van der Waals surface area contributed by atoms with Crippen molar-refractivity contribution in [2.24, 2.45) is 4.99 Å². The average molecular weight is 548 g/mol. The normalized spacial score (nSPS) is 15.1. The van der Waals surface area contributed by atoms with E-state index in [0.717, 1.165) is 56.8 Å². The Labute approximate surface area is 202 Å². The number of piperidine rings is 1. The van der Waals surface area contributed by atoms with E-state index in [9.17, 15) is 9.59 Å². The number of amides is 2. The van der Waals surface area contributed by atoms with Gasteiger partial charge < -0.3 is 25.7 Å². The van der Waals surface area contributed by atoms with E-state index in [1.54, 1.807) is 13.1 Å². The van der Waals surface area contributed by atoms with Crippen molar-refractivity contribution in [3.63, 3.8) is 0 Å². The largest absolute Gasteiger partial charge is 0.459 e. The molecule has 1 saturated heterocycles. The third kappa shape index (κ3) is 9.90. The van der Waals surface area contributed by atoms with Crippen molar-refractivity contribution in [2.45, 2.75) is 45.6 Å². The highest BCUT2D eigenvalue weighted by Crippen LogP contribution is 2.10. The predicted molar refractivity (Wildman–Crippen MR) is 133 cm³/mol. The van der Waals surface area contributed by atoms with Gasteiger partial charge in [-0.1, -0.05) is 6.92 Å². The van der Waals surface area contributed by atoms with Crippen LogP contribution in [0, 0.1) is 6.92 Å². The number of carbonyl (C=O) groups is 2. The summed E-state index contributed by atoms with van der Waals surface area (Å²) in [5.41, 5.74) is 0.836. The Bertz CT molecular complexity index is 701. The Balaban J connectivity index is 0.00000480. The van der Waals surface area contributed by atoms with Crippen molar-refractivity contribution >= 4 is 41.8 Å². The summed E-state index contributed by atoms with van der Waals surface area (Å²) in [6.07, 6.45) is 5.20. The fourth-order valence-corrected chi connectivity index (χ4v) is 3.33. The maximum atomic E-state index is 12.0. The molecule has 1 aliphatic rings. The Morgan fingerprint density at radius 1 is 1.16 bits per heavy atom. The van der Waals surface area contributed by atoms with Crippen molar-refractivity contribution in [2.75, 3.05) is 46.3 Å². The second-order valence-electron chi connectivity index (χ2n) is 7.59. The Kier molecular flexibility index (Phi) is 13.2. The van der Waals surface area contributed by atoms with Crippen LogP contribution in [-0.4, -0.2) is 75.0 Å². The van der Waals surface area contributed by atoms with Gasteiger partial charge in [-0.05, 0) is 38.7 Å². The number of likely N-dealkylation sites (tertiary alicyclic amines) is 1. The number of aryl methyl sites for hydroxylation is 1. The number of nitrogens with zero attached hydrogens (tertiary/aromatic N) is 2. The lowest BCUT2D eigenvalue weighted by atomic mass is 10.1. The highest BCUT2D eigenvalue weighted by molar-refractivity contribution is 14.0. The van der Waals surface area contributed by atoms with Gasteiger partial charge in [-0.3, -0.25) is 19.5 Å².